The lowest BCUT2D eigenvalue weighted by molar-refractivity contribution is -0.385. The van der Waals surface area contributed by atoms with Crippen molar-refractivity contribution in [3.05, 3.63) is 58.0 Å². The Morgan fingerprint density at radius 1 is 1.32 bits per heavy atom. The van der Waals surface area contributed by atoms with E-state index in [9.17, 15) is 10.1 Å². The number of anilines is 1. The predicted molar refractivity (Wildman–Crippen MR) is 71.8 cm³/mol. The lowest BCUT2D eigenvalue weighted by Crippen LogP contribution is -2.06. The Balaban J connectivity index is 2.04. The van der Waals surface area contributed by atoms with Crippen LogP contribution >= 0.6 is 0 Å². The van der Waals surface area contributed by atoms with Crippen molar-refractivity contribution in [2.24, 2.45) is 0 Å². The summed E-state index contributed by atoms with van der Waals surface area (Å²) in [5.74, 6) is 0.596. The van der Waals surface area contributed by atoms with E-state index in [4.69, 9.17) is 0 Å². The Kier molecular flexibility index (Phi) is 4.02. The van der Waals surface area contributed by atoms with Gasteiger partial charge in [-0.3, -0.25) is 15.1 Å². The molecule has 2 rings (SSSR count). The predicted octanol–water partition coefficient (Wildman–Crippen LogP) is 2.56. The van der Waals surface area contributed by atoms with Crippen molar-refractivity contribution in [3.63, 3.8) is 0 Å². The smallest absolute Gasteiger partial charge is 0.287 e. The molecule has 0 spiro atoms. The number of aromatic nitrogens is 2. The fraction of sp³-hybridized carbons (Fsp3) is 0.231. The monoisotopic (exact) mass is 258 g/mol. The minimum absolute atomic E-state index is 0.0161. The van der Waals surface area contributed by atoms with Gasteiger partial charge in [0.1, 0.15) is 12.0 Å². The van der Waals surface area contributed by atoms with Gasteiger partial charge in [0.2, 0.25) is 0 Å². The normalized spacial score (nSPS) is 10.2. The molecule has 2 aromatic rings. The maximum Gasteiger partial charge on any atom is 0.287 e. The zero-order chi connectivity index (χ0) is 13.7. The molecule has 0 bridgehead atoms. The molecule has 2 aromatic heterocycles. The van der Waals surface area contributed by atoms with Crippen LogP contribution in [0.4, 0.5) is 11.5 Å². The molecule has 0 saturated heterocycles. The van der Waals surface area contributed by atoms with Gasteiger partial charge in [-0.1, -0.05) is 13.0 Å². The van der Waals surface area contributed by atoms with Crippen LogP contribution in [0.3, 0.4) is 0 Å². The van der Waals surface area contributed by atoms with Crippen LogP contribution in [0.15, 0.2) is 36.7 Å². The Morgan fingerprint density at radius 3 is 2.79 bits per heavy atom. The molecule has 6 heteroatoms. The number of rotatable bonds is 5. The summed E-state index contributed by atoms with van der Waals surface area (Å²) < 4.78 is 0. The lowest BCUT2D eigenvalue weighted by atomic mass is 10.1. The Bertz CT molecular complexity index is 569. The topological polar surface area (TPSA) is 81.0 Å². The van der Waals surface area contributed by atoms with Gasteiger partial charge in [-0.15, -0.1) is 0 Å². The maximum atomic E-state index is 10.5. The van der Waals surface area contributed by atoms with E-state index in [-0.39, 0.29) is 5.69 Å². The minimum atomic E-state index is -0.468. The summed E-state index contributed by atoms with van der Waals surface area (Å²) in [5.41, 5.74) is 2.12. The molecule has 98 valence electrons. The molecule has 6 nitrogen and oxygen atoms in total. The molecule has 0 fully saturated rings. The molecule has 0 aliphatic heterocycles. The third-order valence-electron chi connectivity index (χ3n) is 2.76. The van der Waals surface area contributed by atoms with Gasteiger partial charge in [0.25, 0.3) is 5.69 Å². The van der Waals surface area contributed by atoms with E-state index in [2.05, 4.69) is 22.2 Å². The largest absolute Gasteiger partial charge is 0.364 e. The minimum Gasteiger partial charge on any atom is -0.364 e. The van der Waals surface area contributed by atoms with E-state index in [1.165, 1.54) is 17.8 Å². The summed E-state index contributed by atoms with van der Waals surface area (Å²) in [5, 5.41) is 13.6. The highest BCUT2D eigenvalue weighted by atomic mass is 16.6. The van der Waals surface area contributed by atoms with Crippen molar-refractivity contribution in [3.8, 4) is 0 Å². The highest BCUT2D eigenvalue weighted by molar-refractivity contribution is 5.40. The number of aryl methyl sites for hydroxylation is 1. The van der Waals surface area contributed by atoms with Crippen LogP contribution in [0.2, 0.25) is 0 Å². The van der Waals surface area contributed by atoms with Crippen molar-refractivity contribution < 1.29 is 4.92 Å². The van der Waals surface area contributed by atoms with Crippen molar-refractivity contribution in [1.82, 2.24) is 9.97 Å². The molecular formula is C13H14N4O2. The SMILES string of the molecule is CCc1cccnc1CNc1ccc([N+](=O)[O-])cn1. The van der Waals surface area contributed by atoms with E-state index in [1.807, 2.05) is 12.1 Å². The van der Waals surface area contributed by atoms with Gasteiger partial charge in [-0.25, -0.2) is 4.98 Å². The first-order valence-corrected chi connectivity index (χ1v) is 5.97. The average Bonchev–Trinajstić information content (AvgIpc) is 2.45. The van der Waals surface area contributed by atoms with Crippen molar-refractivity contribution in [1.29, 1.82) is 0 Å². The van der Waals surface area contributed by atoms with Crippen LogP contribution < -0.4 is 5.32 Å². The first-order chi connectivity index (χ1) is 9.20. The zero-order valence-corrected chi connectivity index (χ0v) is 10.5. The highest BCUT2D eigenvalue weighted by Gasteiger charge is 2.06. The standard InChI is InChI=1S/C13H14N4O2/c1-2-10-4-3-7-14-12(10)9-16-13-6-5-11(8-15-13)17(18)19/h3-8H,2,9H2,1H3,(H,15,16). The lowest BCUT2D eigenvalue weighted by Gasteiger charge is -2.08. The summed E-state index contributed by atoms with van der Waals surface area (Å²) in [7, 11) is 0. The van der Waals surface area contributed by atoms with Gasteiger partial charge in [-0.2, -0.15) is 0 Å². The van der Waals surface area contributed by atoms with Crippen LogP contribution in [0.1, 0.15) is 18.2 Å². The molecular weight excluding hydrogens is 244 g/mol. The molecule has 0 unspecified atom stereocenters. The molecule has 0 aliphatic carbocycles. The third-order valence-corrected chi connectivity index (χ3v) is 2.76. The molecule has 1 N–H and O–H groups in total. The van der Waals surface area contributed by atoms with E-state index in [0.717, 1.165) is 12.1 Å². The molecule has 0 atom stereocenters. The van der Waals surface area contributed by atoms with Crippen LogP contribution in [0, 0.1) is 10.1 Å². The molecule has 0 aliphatic rings. The fourth-order valence-electron chi connectivity index (χ4n) is 1.73. The summed E-state index contributed by atoms with van der Waals surface area (Å²) >= 11 is 0. The summed E-state index contributed by atoms with van der Waals surface area (Å²) in [6, 6.07) is 6.96. The van der Waals surface area contributed by atoms with Crippen molar-refractivity contribution in [2.75, 3.05) is 5.32 Å². The van der Waals surface area contributed by atoms with Crippen LogP contribution in [0.25, 0.3) is 0 Å². The zero-order valence-electron chi connectivity index (χ0n) is 10.5. The van der Waals surface area contributed by atoms with Crippen LogP contribution in [-0.2, 0) is 13.0 Å². The number of pyridine rings is 2. The number of nitro groups is 1. The highest BCUT2D eigenvalue weighted by Crippen LogP contribution is 2.13. The fourth-order valence-corrected chi connectivity index (χ4v) is 1.73. The summed E-state index contributed by atoms with van der Waals surface area (Å²) in [6.07, 6.45) is 3.90. The number of hydrogen-bond donors (Lipinski definition) is 1. The summed E-state index contributed by atoms with van der Waals surface area (Å²) in [4.78, 5) is 18.3. The first-order valence-electron chi connectivity index (χ1n) is 5.97. The van der Waals surface area contributed by atoms with E-state index in [0.29, 0.717) is 12.4 Å². The second-order valence-corrected chi connectivity index (χ2v) is 3.98. The van der Waals surface area contributed by atoms with Gasteiger partial charge >= 0.3 is 0 Å². The number of hydrogen-bond acceptors (Lipinski definition) is 5. The summed E-state index contributed by atoms with van der Waals surface area (Å²) in [6.45, 7) is 2.62. The van der Waals surface area contributed by atoms with Gasteiger partial charge in [0, 0.05) is 12.3 Å². The molecule has 2 heterocycles. The average molecular weight is 258 g/mol. The van der Waals surface area contributed by atoms with Crippen LogP contribution in [-0.4, -0.2) is 14.9 Å². The Hall–Kier alpha value is -2.50. The first kappa shape index (κ1) is 12.9. The van der Waals surface area contributed by atoms with E-state index in [1.54, 1.807) is 12.3 Å². The van der Waals surface area contributed by atoms with E-state index >= 15 is 0 Å². The molecule has 0 saturated carbocycles. The van der Waals surface area contributed by atoms with Crippen molar-refractivity contribution >= 4 is 11.5 Å². The van der Waals surface area contributed by atoms with Gasteiger partial charge < -0.3 is 5.32 Å². The number of nitrogens with zero attached hydrogens (tertiary/aromatic N) is 3. The quantitative estimate of drug-likeness (QED) is 0.658. The maximum absolute atomic E-state index is 10.5. The van der Waals surface area contributed by atoms with Crippen molar-refractivity contribution in [2.45, 2.75) is 19.9 Å². The second kappa shape index (κ2) is 5.90. The third kappa shape index (κ3) is 3.25. The molecule has 0 aromatic carbocycles. The van der Waals surface area contributed by atoms with Crippen LogP contribution in [0.5, 0.6) is 0 Å². The van der Waals surface area contributed by atoms with Gasteiger partial charge in [-0.05, 0) is 24.1 Å². The molecule has 0 radical (unpaired) electrons. The Morgan fingerprint density at radius 2 is 2.16 bits per heavy atom. The molecule has 0 amide bonds. The molecule has 19 heavy (non-hydrogen) atoms. The second-order valence-electron chi connectivity index (χ2n) is 3.98. The van der Waals surface area contributed by atoms with Gasteiger partial charge in [0.15, 0.2) is 0 Å². The van der Waals surface area contributed by atoms with Gasteiger partial charge in [0.05, 0.1) is 17.2 Å². The number of nitrogens with one attached hydrogen (secondary N) is 1. The van der Waals surface area contributed by atoms with E-state index < -0.39 is 4.92 Å². The Labute approximate surface area is 110 Å².